The van der Waals surface area contributed by atoms with Gasteiger partial charge in [0.25, 0.3) is 5.56 Å². The number of rotatable bonds is 8. The molecule has 1 heterocycles. The van der Waals surface area contributed by atoms with Gasteiger partial charge in [0.1, 0.15) is 11.5 Å². The average Bonchev–Trinajstić information content (AvgIpc) is 2.38. The van der Waals surface area contributed by atoms with Crippen molar-refractivity contribution in [2.75, 3.05) is 44.0 Å². The molecule has 0 saturated carbocycles. The van der Waals surface area contributed by atoms with E-state index in [-0.39, 0.29) is 31.2 Å². The van der Waals surface area contributed by atoms with Gasteiger partial charge in [0, 0.05) is 20.2 Å². The first-order chi connectivity index (χ1) is 9.56. The Balaban J connectivity index is 3.30. The van der Waals surface area contributed by atoms with Crippen molar-refractivity contribution in [3.05, 3.63) is 20.8 Å². The summed E-state index contributed by atoms with van der Waals surface area (Å²) in [7, 11) is 1.52. The van der Waals surface area contributed by atoms with Gasteiger partial charge in [-0.05, 0) is 6.42 Å². The van der Waals surface area contributed by atoms with E-state index in [1.807, 2.05) is 6.92 Å². The number of nitrogens with two attached hydrogens (primary N) is 1. The second-order valence-electron chi connectivity index (χ2n) is 4.35. The number of aliphatic hydroxyl groups excluding tert-OH is 1. The molecule has 114 valence electrons. The second-order valence-corrected chi connectivity index (χ2v) is 4.35. The summed E-state index contributed by atoms with van der Waals surface area (Å²) < 4.78 is 6.18. The third kappa shape index (κ3) is 3.61. The van der Waals surface area contributed by atoms with Gasteiger partial charge in [-0.2, -0.15) is 0 Å². The van der Waals surface area contributed by atoms with Crippen molar-refractivity contribution < 1.29 is 9.84 Å². The van der Waals surface area contributed by atoms with Crippen LogP contribution in [0, 0.1) is 0 Å². The molecule has 0 spiro atoms. The van der Waals surface area contributed by atoms with Crippen LogP contribution in [0.5, 0.6) is 0 Å². The van der Waals surface area contributed by atoms with Crippen molar-refractivity contribution >= 4 is 11.5 Å². The van der Waals surface area contributed by atoms with Crippen LogP contribution >= 0.6 is 0 Å². The monoisotopic (exact) mass is 286 g/mol. The molecular formula is C12H22N4O4. The van der Waals surface area contributed by atoms with Crippen LogP contribution in [0.4, 0.5) is 11.5 Å². The Labute approximate surface area is 116 Å². The molecule has 1 aromatic rings. The Bertz CT molecular complexity index is 531. The zero-order chi connectivity index (χ0) is 15.1. The number of nitrogen functional groups attached to an aromatic ring is 1. The highest BCUT2D eigenvalue weighted by atomic mass is 16.5. The molecule has 0 bridgehead atoms. The molecular weight excluding hydrogens is 264 g/mol. The van der Waals surface area contributed by atoms with Gasteiger partial charge in [0.05, 0.1) is 19.8 Å². The van der Waals surface area contributed by atoms with Crippen LogP contribution in [-0.4, -0.2) is 48.1 Å². The topological polar surface area (TPSA) is 114 Å². The Morgan fingerprint density at radius 2 is 2.10 bits per heavy atom. The molecule has 0 atom stereocenters. The molecule has 0 amide bonds. The van der Waals surface area contributed by atoms with E-state index in [2.05, 4.69) is 4.98 Å². The third-order valence-corrected chi connectivity index (χ3v) is 2.91. The predicted octanol–water partition coefficient (Wildman–Crippen LogP) is -1.03. The minimum Gasteiger partial charge on any atom is -0.395 e. The van der Waals surface area contributed by atoms with Crippen molar-refractivity contribution in [3.8, 4) is 0 Å². The van der Waals surface area contributed by atoms with Gasteiger partial charge >= 0.3 is 5.69 Å². The molecule has 0 aliphatic heterocycles. The number of anilines is 2. The summed E-state index contributed by atoms with van der Waals surface area (Å²) in [6.07, 6.45) is 0.788. The largest absolute Gasteiger partial charge is 0.395 e. The molecule has 0 aliphatic rings. The van der Waals surface area contributed by atoms with Gasteiger partial charge in [-0.1, -0.05) is 6.92 Å². The highest BCUT2D eigenvalue weighted by molar-refractivity contribution is 5.62. The van der Waals surface area contributed by atoms with Gasteiger partial charge in [0.2, 0.25) is 0 Å². The van der Waals surface area contributed by atoms with Crippen LogP contribution in [-0.2, 0) is 11.3 Å². The maximum Gasteiger partial charge on any atom is 0.330 e. The number of H-pyrrole nitrogens is 1. The van der Waals surface area contributed by atoms with Crippen molar-refractivity contribution in [2.24, 2.45) is 0 Å². The van der Waals surface area contributed by atoms with Crippen LogP contribution in [0.1, 0.15) is 13.3 Å². The van der Waals surface area contributed by atoms with Crippen LogP contribution in [0.2, 0.25) is 0 Å². The van der Waals surface area contributed by atoms with Crippen molar-refractivity contribution in [3.63, 3.8) is 0 Å². The normalized spacial score (nSPS) is 10.8. The summed E-state index contributed by atoms with van der Waals surface area (Å²) in [5, 5.41) is 9.09. The lowest BCUT2D eigenvalue weighted by Crippen LogP contribution is -2.40. The quantitative estimate of drug-likeness (QED) is 0.563. The molecule has 1 aromatic heterocycles. The van der Waals surface area contributed by atoms with Gasteiger partial charge < -0.3 is 20.5 Å². The highest BCUT2D eigenvalue weighted by Gasteiger charge is 2.17. The first kappa shape index (κ1) is 16.3. The summed E-state index contributed by atoms with van der Waals surface area (Å²) in [6, 6.07) is 0. The first-order valence-electron chi connectivity index (χ1n) is 6.54. The lowest BCUT2D eigenvalue weighted by atomic mass is 10.3. The number of nitrogens with one attached hydrogen (secondary N) is 1. The van der Waals surface area contributed by atoms with E-state index in [0.29, 0.717) is 13.2 Å². The van der Waals surface area contributed by atoms with Gasteiger partial charge in [-0.25, -0.2) is 4.79 Å². The highest BCUT2D eigenvalue weighted by Crippen LogP contribution is 2.16. The lowest BCUT2D eigenvalue weighted by Gasteiger charge is -2.24. The van der Waals surface area contributed by atoms with Crippen molar-refractivity contribution in [2.45, 2.75) is 19.9 Å². The van der Waals surface area contributed by atoms with E-state index in [9.17, 15) is 9.59 Å². The zero-order valence-electron chi connectivity index (χ0n) is 11.9. The van der Waals surface area contributed by atoms with Crippen LogP contribution in [0.25, 0.3) is 0 Å². The molecule has 4 N–H and O–H groups in total. The molecule has 1 rings (SSSR count). The second kappa shape index (κ2) is 7.71. The number of aromatic amines is 1. The Morgan fingerprint density at radius 3 is 2.65 bits per heavy atom. The maximum atomic E-state index is 12.0. The van der Waals surface area contributed by atoms with Crippen molar-refractivity contribution in [1.29, 1.82) is 0 Å². The molecule has 20 heavy (non-hydrogen) atoms. The molecule has 0 saturated heterocycles. The lowest BCUT2D eigenvalue weighted by molar-refractivity contribution is 0.186. The molecule has 0 aliphatic carbocycles. The van der Waals surface area contributed by atoms with Gasteiger partial charge in [-0.15, -0.1) is 0 Å². The summed E-state index contributed by atoms with van der Waals surface area (Å²) in [5.74, 6) is 0.0951. The number of nitrogens with zero attached hydrogens (tertiary/aromatic N) is 2. The summed E-state index contributed by atoms with van der Waals surface area (Å²) in [4.78, 5) is 27.7. The molecule has 8 heteroatoms. The standard InChI is InChI=1S/C12H22N4O4/c1-3-4-15(5-7-17)9-10(13)16(6-8-20-2)12(19)14-11(9)18/h17H,3-8,13H2,1-2H3,(H,14,18,19). The summed E-state index contributed by atoms with van der Waals surface area (Å²) in [5.41, 5.74) is 5.07. The Morgan fingerprint density at radius 1 is 1.40 bits per heavy atom. The third-order valence-electron chi connectivity index (χ3n) is 2.91. The molecule has 8 nitrogen and oxygen atoms in total. The minimum atomic E-state index is -0.561. The number of hydrogen-bond acceptors (Lipinski definition) is 6. The molecule has 0 unspecified atom stereocenters. The minimum absolute atomic E-state index is 0.0951. The number of aromatic nitrogens is 2. The Kier molecular flexibility index (Phi) is 6.26. The van der Waals surface area contributed by atoms with Crippen LogP contribution in [0.3, 0.4) is 0 Å². The molecule has 0 fully saturated rings. The van der Waals surface area contributed by atoms with Gasteiger partial charge in [0.15, 0.2) is 0 Å². The maximum absolute atomic E-state index is 12.0. The van der Waals surface area contributed by atoms with E-state index >= 15 is 0 Å². The SMILES string of the molecule is CCCN(CCO)c1c(N)n(CCOC)c(=O)[nH]c1=O. The van der Waals surface area contributed by atoms with Gasteiger partial charge in [-0.3, -0.25) is 14.3 Å². The molecule has 0 aromatic carbocycles. The van der Waals surface area contributed by atoms with E-state index in [0.717, 1.165) is 6.42 Å². The summed E-state index contributed by atoms with van der Waals surface area (Å²) >= 11 is 0. The van der Waals surface area contributed by atoms with E-state index < -0.39 is 11.2 Å². The average molecular weight is 286 g/mol. The number of methoxy groups -OCH3 is 1. The van der Waals surface area contributed by atoms with Crippen molar-refractivity contribution in [1.82, 2.24) is 9.55 Å². The zero-order valence-corrected chi connectivity index (χ0v) is 11.9. The number of ether oxygens (including phenoxy) is 1. The fraction of sp³-hybridized carbons (Fsp3) is 0.667. The first-order valence-corrected chi connectivity index (χ1v) is 6.54. The predicted molar refractivity (Wildman–Crippen MR) is 77.2 cm³/mol. The Hall–Kier alpha value is -1.80. The van der Waals surface area contributed by atoms with Crippen LogP contribution < -0.4 is 21.9 Å². The fourth-order valence-electron chi connectivity index (χ4n) is 2.01. The summed E-state index contributed by atoms with van der Waals surface area (Å²) in [6.45, 7) is 3.26. The molecule has 0 radical (unpaired) electrons. The van der Waals surface area contributed by atoms with E-state index in [4.69, 9.17) is 15.6 Å². The van der Waals surface area contributed by atoms with Crippen LogP contribution in [0.15, 0.2) is 9.59 Å². The van der Waals surface area contributed by atoms with E-state index in [1.54, 1.807) is 4.90 Å². The fourth-order valence-corrected chi connectivity index (χ4v) is 2.01. The number of aliphatic hydroxyl groups is 1. The smallest absolute Gasteiger partial charge is 0.330 e. The number of hydrogen-bond donors (Lipinski definition) is 3. The van der Waals surface area contributed by atoms with E-state index in [1.165, 1.54) is 11.7 Å².